The van der Waals surface area contributed by atoms with Crippen molar-refractivity contribution in [3.63, 3.8) is 0 Å². The van der Waals surface area contributed by atoms with Crippen LogP contribution in [0.1, 0.15) is 36.8 Å². The highest BCUT2D eigenvalue weighted by Gasteiger charge is 2.37. The van der Waals surface area contributed by atoms with Gasteiger partial charge in [0.1, 0.15) is 5.82 Å². The number of aliphatic hydroxyl groups is 1. The molecule has 32 heavy (non-hydrogen) atoms. The summed E-state index contributed by atoms with van der Waals surface area (Å²) in [6, 6.07) is 10.4. The Morgan fingerprint density at radius 2 is 1.84 bits per heavy atom. The Bertz CT molecular complexity index is 1160. The molecule has 1 amide bonds. The number of pyridine rings is 1. The van der Waals surface area contributed by atoms with E-state index in [-0.39, 0.29) is 36.2 Å². The highest BCUT2D eigenvalue weighted by atomic mass is 19.4. The van der Waals surface area contributed by atoms with Gasteiger partial charge in [0.15, 0.2) is 5.65 Å². The Morgan fingerprint density at radius 3 is 2.53 bits per heavy atom. The highest BCUT2D eigenvalue weighted by Crippen LogP contribution is 2.38. The number of rotatable bonds is 4. The predicted octanol–water partition coefficient (Wildman–Crippen LogP) is 3.58. The summed E-state index contributed by atoms with van der Waals surface area (Å²) in [6.45, 7) is 0.852. The van der Waals surface area contributed by atoms with Crippen molar-refractivity contribution in [2.45, 2.75) is 37.5 Å². The molecule has 1 aromatic carbocycles. The number of benzene rings is 1. The Balaban J connectivity index is 1.35. The molecule has 0 radical (unpaired) electrons. The molecule has 1 aliphatic carbocycles. The third kappa shape index (κ3) is 3.90. The van der Waals surface area contributed by atoms with E-state index in [1.165, 1.54) is 12.1 Å². The molecule has 10 heteroatoms. The normalized spacial score (nSPS) is 18.7. The van der Waals surface area contributed by atoms with E-state index in [1.54, 1.807) is 10.6 Å². The first-order valence-corrected chi connectivity index (χ1v) is 10.5. The summed E-state index contributed by atoms with van der Waals surface area (Å²) in [5.74, 6) is 0.947. The lowest BCUT2D eigenvalue weighted by Gasteiger charge is -2.39. The van der Waals surface area contributed by atoms with Gasteiger partial charge >= 0.3 is 6.18 Å². The van der Waals surface area contributed by atoms with Crippen LogP contribution in [0.25, 0.3) is 5.65 Å². The fraction of sp³-hybridized carbons (Fsp3) is 0.409. The largest absolute Gasteiger partial charge is 0.416 e. The molecule has 2 aromatic heterocycles. The first kappa shape index (κ1) is 20.7. The molecule has 0 spiro atoms. The second kappa shape index (κ2) is 7.47. The van der Waals surface area contributed by atoms with E-state index < -0.39 is 17.3 Å². The third-order valence-electron chi connectivity index (χ3n) is 6.16. The summed E-state index contributed by atoms with van der Waals surface area (Å²) in [5, 5.41) is 18.3. The Morgan fingerprint density at radius 1 is 1.12 bits per heavy atom. The van der Waals surface area contributed by atoms with Gasteiger partial charge in [-0.1, -0.05) is 18.2 Å². The van der Waals surface area contributed by atoms with Crippen molar-refractivity contribution < 1.29 is 23.1 Å². The molecular weight excluding hydrogens is 423 g/mol. The quantitative estimate of drug-likeness (QED) is 0.642. The summed E-state index contributed by atoms with van der Waals surface area (Å²) in [6.07, 6.45) is -2.15. The average molecular weight is 445 g/mol. The topological polar surface area (TPSA) is 82.8 Å². The van der Waals surface area contributed by atoms with Gasteiger partial charge in [-0.3, -0.25) is 10.1 Å². The Labute approximate surface area is 181 Å². The van der Waals surface area contributed by atoms with E-state index in [4.69, 9.17) is 0 Å². The first-order valence-electron chi connectivity index (χ1n) is 10.5. The Kier molecular flexibility index (Phi) is 4.85. The molecule has 3 aromatic rings. The van der Waals surface area contributed by atoms with Gasteiger partial charge in [0.2, 0.25) is 11.9 Å². The number of alkyl halides is 3. The second-order valence-corrected chi connectivity index (χ2v) is 8.45. The van der Waals surface area contributed by atoms with Crippen LogP contribution in [-0.2, 0) is 16.6 Å². The molecule has 0 unspecified atom stereocenters. The third-order valence-corrected chi connectivity index (χ3v) is 6.16. The van der Waals surface area contributed by atoms with E-state index in [0.29, 0.717) is 18.7 Å². The van der Waals surface area contributed by atoms with Crippen molar-refractivity contribution in [3.05, 3.63) is 53.6 Å². The SMILES string of the molecule is O=C(Nc1nc2cccc(N3CCC(O)(c4cccc(C(F)(F)F)c4)CC3)n2n1)C1CC1. The van der Waals surface area contributed by atoms with E-state index in [1.807, 2.05) is 17.0 Å². The summed E-state index contributed by atoms with van der Waals surface area (Å²) in [4.78, 5) is 18.4. The number of nitrogens with one attached hydrogen (secondary N) is 1. The number of hydrogen-bond acceptors (Lipinski definition) is 5. The number of halogens is 3. The van der Waals surface area contributed by atoms with Crippen LogP contribution in [-0.4, -0.2) is 38.7 Å². The van der Waals surface area contributed by atoms with Gasteiger partial charge in [-0.15, -0.1) is 5.10 Å². The lowest BCUT2D eigenvalue weighted by molar-refractivity contribution is -0.137. The number of fused-ring (bicyclic) bond motifs is 1. The number of piperidine rings is 1. The minimum Gasteiger partial charge on any atom is -0.385 e. The zero-order valence-electron chi connectivity index (χ0n) is 17.1. The number of hydrogen-bond donors (Lipinski definition) is 2. The number of carbonyl (C=O) groups is 1. The van der Waals surface area contributed by atoms with Crippen LogP contribution in [0.5, 0.6) is 0 Å². The monoisotopic (exact) mass is 445 g/mol. The number of anilines is 2. The lowest BCUT2D eigenvalue weighted by atomic mass is 9.83. The predicted molar refractivity (Wildman–Crippen MR) is 111 cm³/mol. The molecule has 2 aliphatic rings. The van der Waals surface area contributed by atoms with Gasteiger partial charge in [-0.05, 0) is 55.5 Å². The molecule has 5 rings (SSSR count). The number of amides is 1. The van der Waals surface area contributed by atoms with Crippen LogP contribution in [0.3, 0.4) is 0 Å². The molecule has 1 aliphatic heterocycles. The van der Waals surface area contributed by atoms with Crippen LogP contribution in [0, 0.1) is 5.92 Å². The minimum atomic E-state index is -4.46. The molecular formula is C22H22F3N5O2. The molecule has 1 saturated carbocycles. The second-order valence-electron chi connectivity index (χ2n) is 8.45. The maximum atomic E-state index is 13.1. The fourth-order valence-corrected chi connectivity index (χ4v) is 4.12. The van der Waals surface area contributed by atoms with E-state index in [0.717, 1.165) is 30.8 Å². The summed E-state index contributed by atoms with van der Waals surface area (Å²) >= 11 is 0. The highest BCUT2D eigenvalue weighted by molar-refractivity contribution is 5.92. The van der Waals surface area contributed by atoms with Crippen molar-refractivity contribution in [3.8, 4) is 0 Å². The maximum Gasteiger partial charge on any atom is 0.416 e. The number of nitrogens with zero attached hydrogens (tertiary/aromatic N) is 4. The van der Waals surface area contributed by atoms with Crippen LogP contribution in [0.15, 0.2) is 42.5 Å². The summed E-state index contributed by atoms with van der Waals surface area (Å²) < 4.78 is 40.9. The molecule has 7 nitrogen and oxygen atoms in total. The van der Waals surface area contributed by atoms with E-state index in [9.17, 15) is 23.1 Å². The van der Waals surface area contributed by atoms with Crippen molar-refractivity contribution in [1.29, 1.82) is 0 Å². The molecule has 2 fully saturated rings. The molecule has 0 atom stereocenters. The maximum absolute atomic E-state index is 13.1. The van der Waals surface area contributed by atoms with Crippen LogP contribution < -0.4 is 10.2 Å². The summed E-state index contributed by atoms with van der Waals surface area (Å²) in [7, 11) is 0. The van der Waals surface area contributed by atoms with Gasteiger partial charge in [-0.2, -0.15) is 22.7 Å². The Hall–Kier alpha value is -3.14. The molecule has 2 N–H and O–H groups in total. The standard InChI is InChI=1S/C22H22F3N5O2/c23-22(24,25)16-4-1-3-15(13-16)21(32)9-11-29(12-10-21)18-6-2-5-17-26-20(28-30(17)18)27-19(31)14-7-8-14/h1-6,13-14,32H,7-12H2,(H,27,28,31). The van der Waals surface area contributed by atoms with Gasteiger partial charge in [0.05, 0.1) is 11.2 Å². The van der Waals surface area contributed by atoms with Crippen LogP contribution >= 0.6 is 0 Å². The first-order chi connectivity index (χ1) is 15.2. The molecule has 0 bridgehead atoms. The van der Waals surface area contributed by atoms with Gasteiger partial charge < -0.3 is 10.0 Å². The molecule has 1 saturated heterocycles. The van der Waals surface area contributed by atoms with Crippen molar-refractivity contribution in [1.82, 2.24) is 14.6 Å². The van der Waals surface area contributed by atoms with Gasteiger partial charge in [0, 0.05) is 19.0 Å². The lowest BCUT2D eigenvalue weighted by Crippen LogP contribution is -2.43. The van der Waals surface area contributed by atoms with Crippen molar-refractivity contribution in [2.24, 2.45) is 5.92 Å². The smallest absolute Gasteiger partial charge is 0.385 e. The van der Waals surface area contributed by atoms with Crippen molar-refractivity contribution >= 4 is 23.3 Å². The zero-order chi connectivity index (χ0) is 22.5. The van der Waals surface area contributed by atoms with Crippen LogP contribution in [0.2, 0.25) is 0 Å². The average Bonchev–Trinajstić information content (AvgIpc) is 3.54. The fourth-order valence-electron chi connectivity index (χ4n) is 4.12. The zero-order valence-corrected chi connectivity index (χ0v) is 17.1. The van der Waals surface area contributed by atoms with Gasteiger partial charge in [-0.25, -0.2) is 0 Å². The van der Waals surface area contributed by atoms with Crippen LogP contribution in [0.4, 0.5) is 24.9 Å². The molecule has 168 valence electrons. The number of aromatic nitrogens is 3. The molecule has 3 heterocycles. The summed E-state index contributed by atoms with van der Waals surface area (Å²) in [5.41, 5.74) is -1.25. The number of carbonyl (C=O) groups excluding carboxylic acids is 1. The minimum absolute atomic E-state index is 0.0386. The van der Waals surface area contributed by atoms with E-state index in [2.05, 4.69) is 15.4 Å². The van der Waals surface area contributed by atoms with Gasteiger partial charge in [0.25, 0.3) is 0 Å². The van der Waals surface area contributed by atoms with Crippen molar-refractivity contribution in [2.75, 3.05) is 23.3 Å². The van der Waals surface area contributed by atoms with E-state index >= 15 is 0 Å².